The molecule has 0 unspecified atom stereocenters. The van der Waals surface area contributed by atoms with Crippen LogP contribution in [-0.2, 0) is 16.1 Å². The number of hydrogen-bond donors (Lipinski definition) is 1. The maximum atomic E-state index is 12.6. The number of carbonyl (C=O) groups is 1. The first-order valence-corrected chi connectivity index (χ1v) is 11.6. The second-order valence-electron chi connectivity index (χ2n) is 7.36. The van der Waals surface area contributed by atoms with Gasteiger partial charge in [0.2, 0.25) is 5.91 Å². The summed E-state index contributed by atoms with van der Waals surface area (Å²) in [5.41, 5.74) is 2.78. The Kier molecular flexibility index (Phi) is 8.51. The number of hydrogen-bond acceptors (Lipinski definition) is 5. The monoisotopic (exact) mass is 458 g/mol. The number of amides is 1. The second-order valence-corrected chi connectivity index (χ2v) is 8.71. The molecule has 0 aliphatic rings. The zero-order chi connectivity index (χ0) is 22.2. The molecule has 1 heterocycles. The lowest BCUT2D eigenvalue weighted by Gasteiger charge is -2.14. The predicted molar refractivity (Wildman–Crippen MR) is 127 cm³/mol. The Labute approximate surface area is 192 Å². The molecule has 0 fully saturated rings. The Balaban J connectivity index is 1.75. The molecule has 0 spiro atoms. The van der Waals surface area contributed by atoms with Crippen molar-refractivity contribution in [2.24, 2.45) is 0 Å². The molecule has 8 heteroatoms. The molecular formula is C23H27ClN4O2S. The minimum Gasteiger partial charge on any atom is -0.385 e. The van der Waals surface area contributed by atoms with Crippen molar-refractivity contribution in [3.05, 3.63) is 59.1 Å². The number of ether oxygens (including phenoxy) is 1. The molecule has 2 aromatic carbocycles. The van der Waals surface area contributed by atoms with Crippen molar-refractivity contribution in [1.82, 2.24) is 14.8 Å². The fraction of sp³-hybridized carbons (Fsp3) is 0.348. The number of para-hydroxylation sites is 1. The third kappa shape index (κ3) is 6.09. The Morgan fingerprint density at radius 2 is 1.90 bits per heavy atom. The van der Waals surface area contributed by atoms with Crippen LogP contribution in [0.2, 0.25) is 5.02 Å². The van der Waals surface area contributed by atoms with Crippen LogP contribution in [0.4, 0.5) is 5.69 Å². The van der Waals surface area contributed by atoms with Crippen molar-refractivity contribution in [1.29, 1.82) is 0 Å². The van der Waals surface area contributed by atoms with E-state index in [0.29, 0.717) is 35.1 Å². The minimum atomic E-state index is -0.0798. The smallest absolute Gasteiger partial charge is 0.234 e. The first-order valence-electron chi connectivity index (χ1n) is 10.2. The van der Waals surface area contributed by atoms with Gasteiger partial charge in [0.05, 0.1) is 10.8 Å². The van der Waals surface area contributed by atoms with Crippen LogP contribution in [-0.4, -0.2) is 40.1 Å². The highest BCUT2D eigenvalue weighted by molar-refractivity contribution is 7.99. The molecule has 0 saturated heterocycles. The fourth-order valence-electron chi connectivity index (χ4n) is 3.24. The van der Waals surface area contributed by atoms with E-state index in [-0.39, 0.29) is 11.7 Å². The first kappa shape index (κ1) is 23.3. The summed E-state index contributed by atoms with van der Waals surface area (Å²) in [5, 5.41) is 13.0. The van der Waals surface area contributed by atoms with Gasteiger partial charge in [-0.3, -0.25) is 4.79 Å². The van der Waals surface area contributed by atoms with E-state index < -0.39 is 0 Å². The summed E-state index contributed by atoms with van der Waals surface area (Å²) in [7, 11) is 1.68. The molecule has 1 aromatic heterocycles. The zero-order valence-corrected chi connectivity index (χ0v) is 19.5. The molecule has 0 aliphatic carbocycles. The highest BCUT2D eigenvalue weighted by Gasteiger charge is 2.18. The number of nitrogens with zero attached hydrogens (tertiary/aromatic N) is 3. The second kappa shape index (κ2) is 11.3. The average Bonchev–Trinajstić information content (AvgIpc) is 3.15. The summed E-state index contributed by atoms with van der Waals surface area (Å²) in [6.45, 7) is 5.51. The lowest BCUT2D eigenvalue weighted by atomic mass is 10.0. The van der Waals surface area contributed by atoms with Crippen LogP contribution in [0, 0.1) is 0 Å². The van der Waals surface area contributed by atoms with E-state index >= 15 is 0 Å². The highest BCUT2D eigenvalue weighted by atomic mass is 35.5. The molecule has 0 bridgehead atoms. The predicted octanol–water partition coefficient (Wildman–Crippen LogP) is 5.49. The van der Waals surface area contributed by atoms with E-state index in [0.717, 1.165) is 23.2 Å². The van der Waals surface area contributed by atoms with E-state index in [1.807, 2.05) is 53.1 Å². The maximum absolute atomic E-state index is 12.6. The van der Waals surface area contributed by atoms with Gasteiger partial charge in [-0.15, -0.1) is 10.2 Å². The topological polar surface area (TPSA) is 69.0 Å². The minimum absolute atomic E-state index is 0.0798. The molecule has 0 saturated carbocycles. The molecule has 3 rings (SSSR count). The Bertz CT molecular complexity index is 1020. The van der Waals surface area contributed by atoms with Crippen LogP contribution in [0.15, 0.2) is 53.7 Å². The Morgan fingerprint density at radius 1 is 1.16 bits per heavy atom. The molecular weight excluding hydrogens is 432 g/mol. The highest BCUT2D eigenvalue weighted by Crippen LogP contribution is 2.30. The van der Waals surface area contributed by atoms with Crippen LogP contribution in [0.25, 0.3) is 11.4 Å². The summed E-state index contributed by atoms with van der Waals surface area (Å²) in [6.07, 6.45) is 0.799. The van der Waals surface area contributed by atoms with Gasteiger partial charge in [0.1, 0.15) is 0 Å². The summed E-state index contributed by atoms with van der Waals surface area (Å²) in [4.78, 5) is 12.6. The number of rotatable bonds is 10. The number of carbonyl (C=O) groups excluding carboxylic acids is 1. The van der Waals surface area contributed by atoms with Crippen molar-refractivity contribution in [2.45, 2.75) is 37.9 Å². The van der Waals surface area contributed by atoms with Crippen LogP contribution >= 0.6 is 23.4 Å². The van der Waals surface area contributed by atoms with E-state index in [9.17, 15) is 4.79 Å². The van der Waals surface area contributed by atoms with Crippen LogP contribution < -0.4 is 5.32 Å². The SMILES string of the molecule is COCCCn1c(SCC(=O)Nc2ccccc2C(C)C)nnc1-c1ccccc1Cl. The van der Waals surface area contributed by atoms with Gasteiger partial charge >= 0.3 is 0 Å². The van der Waals surface area contributed by atoms with Gasteiger partial charge in [-0.05, 0) is 36.1 Å². The van der Waals surface area contributed by atoms with Gasteiger partial charge in [0, 0.05) is 31.5 Å². The summed E-state index contributed by atoms with van der Waals surface area (Å²) < 4.78 is 7.19. The number of thioether (sulfide) groups is 1. The average molecular weight is 459 g/mol. The molecule has 164 valence electrons. The van der Waals surface area contributed by atoms with Crippen LogP contribution in [0.5, 0.6) is 0 Å². The molecule has 1 amide bonds. The van der Waals surface area contributed by atoms with E-state index in [1.54, 1.807) is 7.11 Å². The normalized spacial score (nSPS) is 11.1. The van der Waals surface area contributed by atoms with Gasteiger partial charge in [0.15, 0.2) is 11.0 Å². The number of halogens is 1. The quantitative estimate of drug-likeness (QED) is 0.321. The molecule has 31 heavy (non-hydrogen) atoms. The van der Waals surface area contributed by atoms with Crippen molar-refractivity contribution in [2.75, 3.05) is 24.8 Å². The van der Waals surface area contributed by atoms with Gasteiger partial charge in [-0.2, -0.15) is 0 Å². The summed E-state index contributed by atoms with van der Waals surface area (Å²) in [5.74, 6) is 1.17. The molecule has 3 aromatic rings. The molecule has 1 N–H and O–H groups in total. The number of aromatic nitrogens is 3. The van der Waals surface area contributed by atoms with Gasteiger partial charge in [-0.1, -0.05) is 67.5 Å². The Morgan fingerprint density at radius 3 is 2.65 bits per heavy atom. The Hall–Kier alpha value is -2.35. The first-order chi connectivity index (χ1) is 15.0. The third-order valence-electron chi connectivity index (χ3n) is 4.75. The lowest BCUT2D eigenvalue weighted by Crippen LogP contribution is -2.16. The number of anilines is 1. The third-order valence-corrected chi connectivity index (χ3v) is 6.05. The fourth-order valence-corrected chi connectivity index (χ4v) is 4.22. The van der Waals surface area contributed by atoms with Crippen molar-refractivity contribution in [3.63, 3.8) is 0 Å². The number of benzene rings is 2. The largest absolute Gasteiger partial charge is 0.385 e. The van der Waals surface area contributed by atoms with E-state index in [2.05, 4.69) is 29.4 Å². The van der Waals surface area contributed by atoms with Crippen molar-refractivity contribution in [3.8, 4) is 11.4 Å². The molecule has 0 atom stereocenters. The maximum Gasteiger partial charge on any atom is 0.234 e. The molecule has 0 aliphatic heterocycles. The summed E-state index contributed by atoms with van der Waals surface area (Å²) in [6, 6.07) is 15.4. The standard InChI is InChI=1S/C23H27ClN4O2S/c1-16(2)17-9-5-7-12-20(17)25-21(29)15-31-23-27-26-22(28(23)13-8-14-30-3)18-10-4-6-11-19(18)24/h4-7,9-12,16H,8,13-15H2,1-3H3,(H,25,29). The zero-order valence-electron chi connectivity index (χ0n) is 18.0. The number of methoxy groups -OCH3 is 1. The summed E-state index contributed by atoms with van der Waals surface area (Å²) >= 11 is 7.74. The molecule has 6 nitrogen and oxygen atoms in total. The van der Waals surface area contributed by atoms with Gasteiger partial charge in [-0.25, -0.2) is 0 Å². The van der Waals surface area contributed by atoms with Crippen molar-refractivity contribution < 1.29 is 9.53 Å². The molecule has 0 radical (unpaired) electrons. The number of nitrogens with one attached hydrogen (secondary N) is 1. The van der Waals surface area contributed by atoms with Gasteiger partial charge in [0.25, 0.3) is 0 Å². The van der Waals surface area contributed by atoms with Crippen LogP contribution in [0.1, 0.15) is 31.7 Å². The lowest BCUT2D eigenvalue weighted by molar-refractivity contribution is -0.113. The van der Waals surface area contributed by atoms with Gasteiger partial charge < -0.3 is 14.6 Å². The van der Waals surface area contributed by atoms with Crippen molar-refractivity contribution >= 4 is 35.0 Å². The van der Waals surface area contributed by atoms with E-state index in [4.69, 9.17) is 16.3 Å². The van der Waals surface area contributed by atoms with Crippen LogP contribution in [0.3, 0.4) is 0 Å². The van der Waals surface area contributed by atoms with E-state index in [1.165, 1.54) is 11.8 Å².